The zero-order valence-electron chi connectivity index (χ0n) is 14.0. The van der Waals surface area contributed by atoms with Crippen LogP contribution in [-0.2, 0) is 19.5 Å². The van der Waals surface area contributed by atoms with Crippen LogP contribution in [0.4, 0.5) is 0 Å². The quantitative estimate of drug-likeness (QED) is 0.778. The summed E-state index contributed by atoms with van der Waals surface area (Å²) in [5.41, 5.74) is 6.13. The highest BCUT2D eigenvalue weighted by Crippen LogP contribution is 2.19. The van der Waals surface area contributed by atoms with E-state index in [4.69, 9.17) is 0 Å². The number of fused-ring (bicyclic) bond motifs is 2. The highest BCUT2D eigenvalue weighted by molar-refractivity contribution is 5.95. The fourth-order valence-electron chi connectivity index (χ4n) is 3.28. The molecule has 2 aromatic heterocycles. The minimum absolute atomic E-state index is 0.0778. The molecule has 0 bridgehead atoms. The number of rotatable bonds is 3. The lowest BCUT2D eigenvalue weighted by atomic mass is 10.1. The molecule has 0 unspecified atom stereocenters. The third-order valence-corrected chi connectivity index (χ3v) is 4.79. The van der Waals surface area contributed by atoms with Gasteiger partial charge in [0.15, 0.2) is 0 Å². The van der Waals surface area contributed by atoms with Crippen LogP contribution in [0.15, 0.2) is 18.3 Å². The van der Waals surface area contributed by atoms with Crippen LogP contribution in [0.3, 0.4) is 0 Å². The van der Waals surface area contributed by atoms with Crippen LogP contribution < -0.4 is 5.32 Å². The summed E-state index contributed by atoms with van der Waals surface area (Å²) in [7, 11) is 0. The van der Waals surface area contributed by atoms with E-state index in [0.29, 0.717) is 12.1 Å². The number of imidazole rings is 1. The maximum absolute atomic E-state index is 12.5. The summed E-state index contributed by atoms with van der Waals surface area (Å²) in [6.45, 7) is 5.45. The van der Waals surface area contributed by atoms with Gasteiger partial charge in [-0.3, -0.25) is 9.48 Å². The SMILES string of the molecule is Cc1cc2nc(CNC(=O)c3cnn4c3CCCC4)[nH]c2cc1C. The van der Waals surface area contributed by atoms with Crippen LogP contribution >= 0.6 is 0 Å². The van der Waals surface area contributed by atoms with Gasteiger partial charge in [-0.25, -0.2) is 4.98 Å². The van der Waals surface area contributed by atoms with Gasteiger partial charge in [-0.2, -0.15) is 5.10 Å². The number of hydrogen-bond acceptors (Lipinski definition) is 3. The Morgan fingerprint density at radius 1 is 1.29 bits per heavy atom. The summed E-state index contributed by atoms with van der Waals surface area (Å²) >= 11 is 0. The summed E-state index contributed by atoms with van der Waals surface area (Å²) in [4.78, 5) is 20.3. The number of aryl methyl sites for hydroxylation is 3. The van der Waals surface area contributed by atoms with Gasteiger partial charge in [-0.15, -0.1) is 0 Å². The number of benzene rings is 1. The Labute approximate surface area is 140 Å². The molecule has 1 aliphatic rings. The van der Waals surface area contributed by atoms with Crippen molar-refractivity contribution in [3.05, 3.63) is 46.5 Å². The Morgan fingerprint density at radius 3 is 3.00 bits per heavy atom. The first kappa shape index (κ1) is 14.9. The summed E-state index contributed by atoms with van der Waals surface area (Å²) < 4.78 is 1.95. The fraction of sp³-hybridized carbons (Fsp3) is 0.389. The summed E-state index contributed by atoms with van der Waals surface area (Å²) in [6.07, 6.45) is 4.86. The second-order valence-corrected chi connectivity index (χ2v) is 6.50. The van der Waals surface area contributed by atoms with Crippen molar-refractivity contribution in [1.82, 2.24) is 25.1 Å². The molecule has 0 radical (unpaired) electrons. The van der Waals surface area contributed by atoms with Crippen molar-refractivity contribution < 1.29 is 4.79 Å². The number of carbonyl (C=O) groups is 1. The number of nitrogens with one attached hydrogen (secondary N) is 2. The normalized spacial score (nSPS) is 13.9. The fourth-order valence-corrected chi connectivity index (χ4v) is 3.28. The largest absolute Gasteiger partial charge is 0.345 e. The topological polar surface area (TPSA) is 75.6 Å². The summed E-state index contributed by atoms with van der Waals surface area (Å²) in [5, 5.41) is 7.27. The standard InChI is InChI=1S/C18H21N5O/c1-11-7-14-15(8-12(11)2)22-17(21-14)10-19-18(24)13-9-20-23-6-4-3-5-16(13)23/h7-9H,3-6,10H2,1-2H3,(H,19,24)(H,21,22). The van der Waals surface area contributed by atoms with Gasteiger partial charge in [0.05, 0.1) is 35.0 Å². The molecule has 24 heavy (non-hydrogen) atoms. The number of carbonyl (C=O) groups excluding carboxylic acids is 1. The van der Waals surface area contributed by atoms with E-state index >= 15 is 0 Å². The average Bonchev–Trinajstić information content (AvgIpc) is 3.17. The van der Waals surface area contributed by atoms with E-state index in [9.17, 15) is 4.79 Å². The van der Waals surface area contributed by atoms with Crippen LogP contribution in [-0.4, -0.2) is 25.7 Å². The molecule has 0 fully saturated rings. The van der Waals surface area contributed by atoms with Gasteiger partial charge in [0.25, 0.3) is 5.91 Å². The maximum Gasteiger partial charge on any atom is 0.255 e. The molecule has 0 saturated heterocycles. The Kier molecular flexibility index (Phi) is 3.59. The molecule has 0 atom stereocenters. The predicted molar refractivity (Wildman–Crippen MR) is 91.9 cm³/mol. The van der Waals surface area contributed by atoms with E-state index in [1.807, 2.05) is 4.68 Å². The first-order chi connectivity index (χ1) is 11.6. The van der Waals surface area contributed by atoms with E-state index in [1.165, 1.54) is 11.1 Å². The van der Waals surface area contributed by atoms with Crippen molar-refractivity contribution in [3.8, 4) is 0 Å². The third-order valence-electron chi connectivity index (χ3n) is 4.79. The number of hydrogen-bond donors (Lipinski definition) is 2. The molecule has 1 amide bonds. The summed E-state index contributed by atoms with van der Waals surface area (Å²) in [6, 6.07) is 4.16. The molecule has 0 saturated carbocycles. The second-order valence-electron chi connectivity index (χ2n) is 6.50. The third kappa shape index (κ3) is 2.58. The van der Waals surface area contributed by atoms with Gasteiger partial charge in [-0.05, 0) is 56.4 Å². The molecule has 0 spiro atoms. The van der Waals surface area contributed by atoms with Gasteiger partial charge in [0, 0.05) is 6.54 Å². The Balaban J connectivity index is 1.50. The second kappa shape index (κ2) is 5.78. The van der Waals surface area contributed by atoms with Crippen LogP contribution in [0.5, 0.6) is 0 Å². The lowest BCUT2D eigenvalue weighted by molar-refractivity contribution is 0.0948. The molecule has 6 heteroatoms. The van der Waals surface area contributed by atoms with Crippen molar-refractivity contribution in [2.75, 3.05) is 0 Å². The lowest BCUT2D eigenvalue weighted by Crippen LogP contribution is -2.25. The smallest absolute Gasteiger partial charge is 0.255 e. The first-order valence-corrected chi connectivity index (χ1v) is 8.40. The number of nitrogens with zero attached hydrogens (tertiary/aromatic N) is 3. The molecule has 1 aromatic carbocycles. The Hall–Kier alpha value is -2.63. The average molecular weight is 323 g/mol. The first-order valence-electron chi connectivity index (χ1n) is 8.40. The molecule has 124 valence electrons. The monoisotopic (exact) mass is 323 g/mol. The zero-order chi connectivity index (χ0) is 16.7. The molecule has 2 N–H and O–H groups in total. The van der Waals surface area contributed by atoms with Crippen molar-refractivity contribution in [2.45, 2.75) is 46.2 Å². The van der Waals surface area contributed by atoms with E-state index < -0.39 is 0 Å². The molecular formula is C18H21N5O. The zero-order valence-corrected chi connectivity index (χ0v) is 14.0. The molecule has 6 nitrogen and oxygen atoms in total. The molecule has 1 aliphatic heterocycles. The van der Waals surface area contributed by atoms with Crippen LogP contribution in [0, 0.1) is 13.8 Å². The molecule has 0 aliphatic carbocycles. The molecule has 4 rings (SSSR count). The van der Waals surface area contributed by atoms with Crippen molar-refractivity contribution in [3.63, 3.8) is 0 Å². The van der Waals surface area contributed by atoms with Crippen molar-refractivity contribution in [1.29, 1.82) is 0 Å². The predicted octanol–water partition coefficient (Wildman–Crippen LogP) is 2.64. The van der Waals surface area contributed by atoms with Crippen LogP contribution in [0.2, 0.25) is 0 Å². The highest BCUT2D eigenvalue weighted by Gasteiger charge is 2.19. The van der Waals surface area contributed by atoms with E-state index in [-0.39, 0.29) is 5.91 Å². The number of H-pyrrole nitrogens is 1. The van der Waals surface area contributed by atoms with Gasteiger partial charge >= 0.3 is 0 Å². The number of amides is 1. The molecule has 3 aromatic rings. The molecular weight excluding hydrogens is 302 g/mol. The van der Waals surface area contributed by atoms with Gasteiger partial charge in [0.2, 0.25) is 0 Å². The van der Waals surface area contributed by atoms with E-state index in [0.717, 1.165) is 48.4 Å². The van der Waals surface area contributed by atoms with Crippen LogP contribution in [0.25, 0.3) is 11.0 Å². The van der Waals surface area contributed by atoms with Crippen molar-refractivity contribution >= 4 is 16.9 Å². The summed E-state index contributed by atoms with van der Waals surface area (Å²) in [5.74, 6) is 0.690. The van der Waals surface area contributed by atoms with E-state index in [2.05, 4.69) is 46.4 Å². The minimum Gasteiger partial charge on any atom is -0.345 e. The minimum atomic E-state index is -0.0778. The Morgan fingerprint density at radius 2 is 2.12 bits per heavy atom. The number of aromatic nitrogens is 4. The van der Waals surface area contributed by atoms with Gasteiger partial charge in [0.1, 0.15) is 5.82 Å². The lowest BCUT2D eigenvalue weighted by Gasteiger charge is -2.14. The van der Waals surface area contributed by atoms with Gasteiger partial charge in [-0.1, -0.05) is 0 Å². The highest BCUT2D eigenvalue weighted by atomic mass is 16.1. The van der Waals surface area contributed by atoms with Crippen molar-refractivity contribution in [2.24, 2.45) is 0 Å². The van der Waals surface area contributed by atoms with Gasteiger partial charge < -0.3 is 10.3 Å². The van der Waals surface area contributed by atoms with E-state index in [1.54, 1.807) is 6.20 Å². The Bertz CT molecular complexity index is 882. The number of aromatic amines is 1. The van der Waals surface area contributed by atoms with Crippen LogP contribution in [0.1, 0.15) is 45.8 Å². The maximum atomic E-state index is 12.5. The molecule has 3 heterocycles.